The van der Waals surface area contributed by atoms with Gasteiger partial charge in [-0.1, -0.05) is 36.4 Å². The highest BCUT2D eigenvalue weighted by Crippen LogP contribution is 2.24. The SMILES string of the molecule is O=C(O)CCc1ccccc1C(=O)NC1CCOc2ccccc2C1. The molecule has 0 radical (unpaired) electrons. The molecule has 2 N–H and O–H groups in total. The number of ether oxygens (including phenoxy) is 1. The van der Waals surface area contributed by atoms with Gasteiger partial charge >= 0.3 is 5.97 Å². The second kappa shape index (κ2) is 7.83. The van der Waals surface area contributed by atoms with Crippen LogP contribution in [0.3, 0.4) is 0 Å². The maximum Gasteiger partial charge on any atom is 0.303 e. The Morgan fingerprint density at radius 3 is 2.72 bits per heavy atom. The van der Waals surface area contributed by atoms with Crippen LogP contribution >= 0.6 is 0 Å². The number of fused-ring (bicyclic) bond motifs is 1. The van der Waals surface area contributed by atoms with Gasteiger partial charge in [-0.3, -0.25) is 9.59 Å². The van der Waals surface area contributed by atoms with Crippen LogP contribution in [0.2, 0.25) is 0 Å². The third kappa shape index (κ3) is 4.38. The molecule has 0 bridgehead atoms. The predicted octanol–water partition coefficient (Wildman–Crippen LogP) is 2.83. The van der Waals surface area contributed by atoms with Gasteiger partial charge in [-0.15, -0.1) is 0 Å². The summed E-state index contributed by atoms with van der Waals surface area (Å²) in [5.74, 6) is -0.154. The van der Waals surface area contributed by atoms with E-state index in [1.54, 1.807) is 12.1 Å². The van der Waals surface area contributed by atoms with Crippen molar-refractivity contribution < 1.29 is 19.4 Å². The number of hydrogen-bond acceptors (Lipinski definition) is 3. The summed E-state index contributed by atoms with van der Waals surface area (Å²) >= 11 is 0. The highest BCUT2D eigenvalue weighted by molar-refractivity contribution is 5.96. The number of hydrogen-bond donors (Lipinski definition) is 2. The number of nitrogens with one attached hydrogen (secondary N) is 1. The largest absolute Gasteiger partial charge is 0.493 e. The van der Waals surface area contributed by atoms with E-state index in [4.69, 9.17) is 9.84 Å². The number of aryl methyl sites for hydroxylation is 1. The molecule has 1 atom stereocenters. The quantitative estimate of drug-likeness (QED) is 0.878. The second-order valence-electron chi connectivity index (χ2n) is 6.17. The Labute approximate surface area is 146 Å². The third-order valence-corrected chi connectivity index (χ3v) is 4.37. The van der Waals surface area contributed by atoms with E-state index in [1.165, 1.54) is 0 Å². The van der Waals surface area contributed by atoms with Crippen LogP contribution in [0, 0.1) is 0 Å². The summed E-state index contributed by atoms with van der Waals surface area (Å²) in [5.41, 5.74) is 2.39. The predicted molar refractivity (Wildman–Crippen MR) is 93.9 cm³/mol. The highest BCUT2D eigenvalue weighted by atomic mass is 16.5. The minimum Gasteiger partial charge on any atom is -0.493 e. The van der Waals surface area contributed by atoms with Gasteiger partial charge in [0.05, 0.1) is 6.61 Å². The Hall–Kier alpha value is -2.82. The number of para-hydroxylation sites is 1. The van der Waals surface area contributed by atoms with Crippen molar-refractivity contribution in [3.05, 3.63) is 65.2 Å². The zero-order chi connectivity index (χ0) is 17.6. The number of amides is 1. The molecule has 1 amide bonds. The van der Waals surface area contributed by atoms with Gasteiger partial charge < -0.3 is 15.2 Å². The molecule has 0 spiro atoms. The first-order valence-electron chi connectivity index (χ1n) is 8.45. The number of benzene rings is 2. The molecule has 130 valence electrons. The number of carbonyl (C=O) groups excluding carboxylic acids is 1. The molecule has 0 aliphatic carbocycles. The van der Waals surface area contributed by atoms with E-state index in [0.717, 1.165) is 29.7 Å². The van der Waals surface area contributed by atoms with Crippen molar-refractivity contribution in [3.8, 4) is 5.75 Å². The summed E-state index contributed by atoms with van der Waals surface area (Å²) in [4.78, 5) is 23.5. The molecule has 3 rings (SSSR count). The minimum absolute atomic E-state index is 0.00887. The van der Waals surface area contributed by atoms with Gasteiger partial charge in [0.1, 0.15) is 5.75 Å². The van der Waals surface area contributed by atoms with Crippen LogP contribution in [0.15, 0.2) is 48.5 Å². The molecular weight excluding hydrogens is 318 g/mol. The number of carbonyl (C=O) groups is 2. The molecular formula is C20H21NO4. The van der Waals surface area contributed by atoms with Crippen molar-refractivity contribution in [2.45, 2.75) is 31.7 Å². The lowest BCUT2D eigenvalue weighted by Gasteiger charge is -2.17. The average Bonchev–Trinajstić information content (AvgIpc) is 2.81. The van der Waals surface area contributed by atoms with E-state index >= 15 is 0 Å². The van der Waals surface area contributed by atoms with Gasteiger partial charge in [0.15, 0.2) is 0 Å². The lowest BCUT2D eigenvalue weighted by atomic mass is 10.00. The standard InChI is InChI=1S/C20H21NO4/c22-19(23)10-9-14-5-1-3-7-17(14)20(24)21-16-11-12-25-18-8-4-2-6-15(18)13-16/h1-8,16H,9-13H2,(H,21,24)(H,22,23). The summed E-state index contributed by atoms with van der Waals surface area (Å²) < 4.78 is 5.74. The molecule has 1 aliphatic heterocycles. The third-order valence-electron chi connectivity index (χ3n) is 4.37. The molecule has 1 heterocycles. The maximum atomic E-state index is 12.7. The summed E-state index contributed by atoms with van der Waals surface area (Å²) in [7, 11) is 0. The van der Waals surface area contributed by atoms with Crippen LogP contribution in [0.25, 0.3) is 0 Å². The van der Waals surface area contributed by atoms with Crippen LogP contribution in [-0.2, 0) is 17.6 Å². The normalized spacial score (nSPS) is 16.2. The second-order valence-corrected chi connectivity index (χ2v) is 6.17. The van der Waals surface area contributed by atoms with Gasteiger partial charge in [0.25, 0.3) is 5.91 Å². The van der Waals surface area contributed by atoms with Crippen LogP contribution in [0.4, 0.5) is 0 Å². The van der Waals surface area contributed by atoms with E-state index in [1.807, 2.05) is 36.4 Å². The number of aliphatic carboxylic acids is 1. The minimum atomic E-state index is -0.868. The van der Waals surface area contributed by atoms with E-state index in [9.17, 15) is 9.59 Å². The average molecular weight is 339 g/mol. The van der Waals surface area contributed by atoms with Crippen molar-refractivity contribution in [2.75, 3.05) is 6.61 Å². The molecule has 5 nitrogen and oxygen atoms in total. The summed E-state index contributed by atoms with van der Waals surface area (Å²) in [6.07, 6.45) is 1.81. The molecule has 1 unspecified atom stereocenters. The first kappa shape index (κ1) is 17.0. The number of carboxylic acid groups (broad SMARTS) is 1. The van der Waals surface area contributed by atoms with Crippen molar-refractivity contribution in [1.29, 1.82) is 0 Å². The monoisotopic (exact) mass is 339 g/mol. The van der Waals surface area contributed by atoms with Gasteiger partial charge in [-0.25, -0.2) is 0 Å². The smallest absolute Gasteiger partial charge is 0.303 e. The summed E-state index contributed by atoms with van der Waals surface area (Å²) in [6.45, 7) is 0.558. The van der Waals surface area contributed by atoms with Crippen LogP contribution in [0.5, 0.6) is 5.75 Å². The van der Waals surface area contributed by atoms with Gasteiger partial charge in [-0.05, 0) is 36.1 Å². The zero-order valence-corrected chi connectivity index (χ0v) is 13.9. The lowest BCUT2D eigenvalue weighted by molar-refractivity contribution is -0.136. The molecule has 1 aliphatic rings. The Morgan fingerprint density at radius 1 is 1.12 bits per heavy atom. The molecule has 5 heteroatoms. The van der Waals surface area contributed by atoms with Crippen molar-refractivity contribution in [1.82, 2.24) is 5.32 Å². The highest BCUT2D eigenvalue weighted by Gasteiger charge is 2.21. The zero-order valence-electron chi connectivity index (χ0n) is 13.9. The Kier molecular flexibility index (Phi) is 5.33. The van der Waals surface area contributed by atoms with E-state index < -0.39 is 5.97 Å². The molecule has 2 aromatic carbocycles. The van der Waals surface area contributed by atoms with Gasteiger partial charge in [-0.2, -0.15) is 0 Å². The van der Waals surface area contributed by atoms with Crippen molar-refractivity contribution in [2.24, 2.45) is 0 Å². The fraction of sp³-hybridized carbons (Fsp3) is 0.300. The summed E-state index contributed by atoms with van der Waals surface area (Å²) in [5, 5.41) is 12.0. The molecule has 0 saturated heterocycles. The van der Waals surface area contributed by atoms with Crippen LogP contribution in [-0.4, -0.2) is 29.6 Å². The van der Waals surface area contributed by atoms with E-state index in [-0.39, 0.29) is 18.4 Å². The molecule has 0 saturated carbocycles. The van der Waals surface area contributed by atoms with E-state index in [2.05, 4.69) is 5.32 Å². The topological polar surface area (TPSA) is 75.6 Å². The van der Waals surface area contributed by atoms with Crippen molar-refractivity contribution in [3.63, 3.8) is 0 Å². The summed E-state index contributed by atoms with van der Waals surface area (Å²) in [6, 6.07) is 15.0. The Morgan fingerprint density at radius 2 is 1.88 bits per heavy atom. The Balaban J connectivity index is 1.71. The number of rotatable bonds is 5. The number of carboxylic acids is 1. The van der Waals surface area contributed by atoms with E-state index in [0.29, 0.717) is 18.6 Å². The first-order chi connectivity index (χ1) is 12.1. The van der Waals surface area contributed by atoms with Gasteiger partial charge in [0.2, 0.25) is 0 Å². The maximum absolute atomic E-state index is 12.7. The van der Waals surface area contributed by atoms with Crippen molar-refractivity contribution >= 4 is 11.9 Å². The Bertz CT molecular complexity index is 772. The fourth-order valence-electron chi connectivity index (χ4n) is 3.08. The fourth-order valence-corrected chi connectivity index (χ4v) is 3.08. The molecule has 25 heavy (non-hydrogen) atoms. The first-order valence-corrected chi connectivity index (χ1v) is 8.45. The molecule has 2 aromatic rings. The van der Waals surface area contributed by atoms with Crippen LogP contribution in [0.1, 0.15) is 34.3 Å². The van der Waals surface area contributed by atoms with Gasteiger partial charge in [0, 0.05) is 24.4 Å². The van der Waals surface area contributed by atoms with Crippen LogP contribution < -0.4 is 10.1 Å². The lowest BCUT2D eigenvalue weighted by Crippen LogP contribution is -2.37. The molecule has 0 aromatic heterocycles. The molecule has 0 fully saturated rings.